The number of aryl methyl sites for hydroxylation is 1. The molecule has 1 fully saturated rings. The molecule has 276 valence electrons. The fraction of sp³-hybridized carbons (Fsp3) is 0.429. The van der Waals surface area contributed by atoms with Crippen LogP contribution in [0.15, 0.2) is 72.8 Å². The Labute approximate surface area is 303 Å². The highest BCUT2D eigenvalue weighted by Gasteiger charge is 2.55. The monoisotopic (exact) mass is 712 g/mol. The van der Waals surface area contributed by atoms with Crippen LogP contribution in [0.4, 0.5) is 0 Å². The van der Waals surface area contributed by atoms with Gasteiger partial charge in [-0.1, -0.05) is 74.5 Å². The van der Waals surface area contributed by atoms with Gasteiger partial charge in [0.25, 0.3) is 0 Å². The van der Waals surface area contributed by atoms with Crippen LogP contribution in [0.3, 0.4) is 0 Å². The second kappa shape index (κ2) is 15.3. The summed E-state index contributed by atoms with van der Waals surface area (Å²) in [7, 11) is 0. The number of benzene rings is 4. The number of hydrogen-bond donors (Lipinski definition) is 6. The van der Waals surface area contributed by atoms with Crippen LogP contribution < -0.4 is 4.74 Å². The first-order valence-electron chi connectivity index (χ1n) is 18.0. The molecule has 1 aliphatic heterocycles. The lowest BCUT2D eigenvalue weighted by molar-refractivity contribution is -0.315. The smallest absolute Gasteiger partial charge is 0.335 e. The van der Waals surface area contributed by atoms with Gasteiger partial charge in [0.2, 0.25) is 6.29 Å². The van der Waals surface area contributed by atoms with Crippen molar-refractivity contribution in [2.24, 2.45) is 5.92 Å². The van der Waals surface area contributed by atoms with E-state index < -0.39 is 48.5 Å². The van der Waals surface area contributed by atoms with Crippen LogP contribution in [0.5, 0.6) is 11.5 Å². The third kappa shape index (κ3) is 7.31. The number of ketones is 1. The van der Waals surface area contributed by atoms with Gasteiger partial charge in [-0.05, 0) is 96.6 Å². The zero-order chi connectivity index (χ0) is 37.3. The molecule has 10 heteroatoms. The first kappa shape index (κ1) is 37.4. The Bertz CT molecular complexity index is 1920. The molecule has 4 aromatic carbocycles. The molecule has 4 aromatic rings. The van der Waals surface area contributed by atoms with Gasteiger partial charge in [-0.3, -0.25) is 4.79 Å². The van der Waals surface area contributed by atoms with Gasteiger partial charge in [0, 0.05) is 6.42 Å². The Hall–Kier alpha value is -4.32. The van der Waals surface area contributed by atoms with E-state index in [4.69, 9.17) is 9.47 Å². The number of aromatic hydroxyl groups is 1. The highest BCUT2D eigenvalue weighted by Crippen LogP contribution is 2.45. The molecule has 0 bridgehead atoms. The number of carbonyl (C=O) groups excluding carboxylic acids is 1. The predicted octanol–water partition coefficient (Wildman–Crippen LogP) is 6.01. The molecule has 0 aromatic heterocycles. The summed E-state index contributed by atoms with van der Waals surface area (Å²) in [5.41, 5.74) is 1.94. The summed E-state index contributed by atoms with van der Waals surface area (Å²) < 4.78 is 11.8. The Kier molecular flexibility index (Phi) is 11.0. The van der Waals surface area contributed by atoms with E-state index in [9.17, 15) is 40.2 Å². The summed E-state index contributed by atoms with van der Waals surface area (Å²) in [6, 6.07) is 22.7. The van der Waals surface area contributed by atoms with Crippen LogP contribution in [0.2, 0.25) is 0 Å². The molecule has 0 saturated carbocycles. The molecule has 7 atom stereocenters. The third-order valence-electron chi connectivity index (χ3n) is 10.9. The van der Waals surface area contributed by atoms with Crippen LogP contribution in [0.25, 0.3) is 10.8 Å². The highest BCUT2D eigenvalue weighted by atomic mass is 16.7. The van der Waals surface area contributed by atoms with Gasteiger partial charge in [0.05, 0.1) is 23.1 Å². The van der Waals surface area contributed by atoms with Gasteiger partial charge in [0.15, 0.2) is 5.78 Å². The van der Waals surface area contributed by atoms with Crippen LogP contribution in [0.1, 0.15) is 101 Å². The summed E-state index contributed by atoms with van der Waals surface area (Å²) in [4.78, 5) is 26.3. The summed E-state index contributed by atoms with van der Waals surface area (Å²) in [5, 5.41) is 65.7. The van der Waals surface area contributed by atoms with E-state index >= 15 is 0 Å². The molecular formula is C42H48O10. The van der Waals surface area contributed by atoms with Crippen molar-refractivity contribution in [3.05, 3.63) is 106 Å². The second-order valence-electron chi connectivity index (χ2n) is 14.9. The summed E-state index contributed by atoms with van der Waals surface area (Å²) in [6.07, 6.45) is -3.37. The molecule has 10 nitrogen and oxygen atoms in total. The molecule has 1 heterocycles. The molecule has 0 amide bonds. The number of hydrogen-bond acceptors (Lipinski definition) is 9. The first-order chi connectivity index (χ1) is 24.8. The molecule has 1 saturated heterocycles. The molecular weight excluding hydrogens is 664 g/mol. The van der Waals surface area contributed by atoms with Crippen molar-refractivity contribution in [3.63, 3.8) is 0 Å². The average Bonchev–Trinajstić information content (AvgIpc) is 3.12. The largest absolute Gasteiger partial charge is 0.506 e. The van der Waals surface area contributed by atoms with Gasteiger partial charge in [0.1, 0.15) is 35.4 Å². The number of fused-ring (bicyclic) bond motifs is 2. The van der Waals surface area contributed by atoms with Crippen LogP contribution in [-0.4, -0.2) is 79.2 Å². The molecule has 6 rings (SSSR count). The van der Waals surface area contributed by atoms with Gasteiger partial charge in [-0.15, -0.1) is 0 Å². The number of ether oxygens (including phenoxy) is 2. The van der Waals surface area contributed by atoms with Crippen molar-refractivity contribution in [3.8, 4) is 11.5 Å². The second-order valence-corrected chi connectivity index (χ2v) is 14.9. The molecule has 52 heavy (non-hydrogen) atoms. The Morgan fingerprint density at radius 3 is 2.27 bits per heavy atom. The maximum atomic E-state index is 14.2. The lowest BCUT2D eigenvalue weighted by Gasteiger charge is -2.48. The van der Waals surface area contributed by atoms with Gasteiger partial charge in [-0.2, -0.15) is 0 Å². The van der Waals surface area contributed by atoms with Crippen molar-refractivity contribution >= 4 is 22.5 Å². The van der Waals surface area contributed by atoms with Crippen molar-refractivity contribution in [1.82, 2.24) is 0 Å². The van der Waals surface area contributed by atoms with E-state index in [0.717, 1.165) is 30.9 Å². The number of aliphatic hydroxyl groups is 4. The minimum Gasteiger partial charge on any atom is -0.506 e. The standard InChI is InChI=1S/C42H48O10/c1-23(2)15-16-42(50)34(22-43)52-41(38(46)39(42)47)51-33-21-29(40(48)49)19-28-17-24(3)35(37(45)36(28)33)32(44)20-27-14-13-26(18-25-9-5-4-6-10-25)30-11-7-8-12-31(27)30/h4-12,17,19,21,23,26-27,34,38-39,41,43,45-47,50H,13-16,18,20,22H2,1-3H3,(H,48,49). The number of aliphatic hydroxyl groups excluding tert-OH is 3. The van der Waals surface area contributed by atoms with E-state index in [1.165, 1.54) is 17.2 Å². The normalized spacial score (nSPS) is 25.9. The molecule has 0 spiro atoms. The summed E-state index contributed by atoms with van der Waals surface area (Å²) in [6.45, 7) is 4.84. The Balaban J connectivity index is 1.32. The number of carboxylic acid groups (broad SMARTS) is 1. The topological polar surface area (TPSA) is 174 Å². The predicted molar refractivity (Wildman–Crippen MR) is 195 cm³/mol. The number of carbonyl (C=O) groups is 2. The van der Waals surface area contributed by atoms with Gasteiger partial charge >= 0.3 is 5.97 Å². The van der Waals surface area contributed by atoms with Crippen molar-refractivity contribution in [2.75, 3.05) is 6.61 Å². The SMILES string of the molecule is Cc1cc2cc(C(=O)O)cc(OC3OC(CO)C(O)(CCC(C)C)C(O)C3O)c2c(O)c1C(=O)CC1CCC(Cc2ccccc2)c2ccccc21. The minimum absolute atomic E-state index is 0.0254. The number of aromatic carboxylic acids is 1. The molecule has 6 N–H and O–H groups in total. The fourth-order valence-electron chi connectivity index (χ4n) is 8.05. The number of rotatable bonds is 12. The maximum absolute atomic E-state index is 14.2. The quantitative estimate of drug-likeness (QED) is 0.0955. The molecule has 1 aliphatic carbocycles. The van der Waals surface area contributed by atoms with Crippen molar-refractivity contribution in [2.45, 2.75) is 101 Å². The van der Waals surface area contributed by atoms with Crippen molar-refractivity contribution in [1.29, 1.82) is 0 Å². The lowest BCUT2D eigenvalue weighted by Crippen LogP contribution is -2.67. The molecule has 0 radical (unpaired) electrons. The molecule has 2 aliphatic rings. The zero-order valence-electron chi connectivity index (χ0n) is 29.7. The first-order valence-corrected chi connectivity index (χ1v) is 18.0. The van der Waals surface area contributed by atoms with Crippen LogP contribution in [0, 0.1) is 12.8 Å². The third-order valence-corrected chi connectivity index (χ3v) is 10.9. The van der Waals surface area contributed by atoms with Crippen LogP contribution >= 0.6 is 0 Å². The fourth-order valence-corrected chi connectivity index (χ4v) is 8.05. The molecule has 7 unspecified atom stereocenters. The van der Waals surface area contributed by atoms with Gasteiger partial charge < -0.3 is 40.1 Å². The zero-order valence-corrected chi connectivity index (χ0v) is 29.7. The average molecular weight is 713 g/mol. The van der Waals surface area contributed by atoms with E-state index in [0.29, 0.717) is 17.9 Å². The minimum atomic E-state index is -1.98. The van der Waals surface area contributed by atoms with E-state index in [2.05, 4.69) is 24.3 Å². The lowest BCUT2D eigenvalue weighted by atomic mass is 9.72. The maximum Gasteiger partial charge on any atom is 0.335 e. The number of phenolic OH excluding ortho intramolecular Hbond substituents is 1. The Morgan fingerprint density at radius 2 is 1.62 bits per heavy atom. The van der Waals surface area contributed by atoms with Crippen LogP contribution in [-0.2, 0) is 11.2 Å². The van der Waals surface area contributed by atoms with E-state index in [1.807, 2.05) is 44.2 Å². The van der Waals surface area contributed by atoms with E-state index in [-0.39, 0.29) is 58.1 Å². The number of Topliss-reactive ketones (excluding diaryl/α,β-unsaturated/α-hetero) is 1. The Morgan fingerprint density at radius 1 is 0.962 bits per heavy atom. The summed E-state index contributed by atoms with van der Waals surface area (Å²) in [5.74, 6) is -1.80. The van der Waals surface area contributed by atoms with E-state index in [1.54, 1.807) is 13.0 Å². The number of carboxylic acids is 1. The van der Waals surface area contributed by atoms with Gasteiger partial charge in [-0.25, -0.2) is 4.79 Å². The summed E-state index contributed by atoms with van der Waals surface area (Å²) >= 11 is 0. The van der Waals surface area contributed by atoms with Crippen molar-refractivity contribution < 1.29 is 49.7 Å². The number of phenols is 1. The highest BCUT2D eigenvalue weighted by molar-refractivity contribution is 6.09.